The van der Waals surface area contributed by atoms with Crippen molar-refractivity contribution in [1.82, 2.24) is 19.7 Å². The fraction of sp³-hybridized carbons (Fsp3) is 0.263. The first kappa shape index (κ1) is 16.1. The van der Waals surface area contributed by atoms with E-state index in [-0.39, 0.29) is 0 Å². The summed E-state index contributed by atoms with van der Waals surface area (Å²) < 4.78 is 1.93. The number of hydrazone groups is 1. The van der Waals surface area contributed by atoms with Gasteiger partial charge < -0.3 is 4.90 Å². The predicted octanol–water partition coefficient (Wildman–Crippen LogP) is 3.18. The molecule has 0 radical (unpaired) electrons. The van der Waals surface area contributed by atoms with Crippen LogP contribution in [0.2, 0.25) is 0 Å². The maximum Gasteiger partial charge on any atom is 0.112 e. The van der Waals surface area contributed by atoms with E-state index in [1.54, 1.807) is 11.3 Å². The Labute approximate surface area is 151 Å². The van der Waals surface area contributed by atoms with Crippen LogP contribution in [0, 0.1) is 0 Å². The lowest BCUT2D eigenvalue weighted by molar-refractivity contribution is 0.159. The summed E-state index contributed by atoms with van der Waals surface area (Å²) in [5, 5.41) is 13.7. The van der Waals surface area contributed by atoms with E-state index in [2.05, 4.69) is 52.8 Å². The Kier molecular flexibility index (Phi) is 4.63. The minimum Gasteiger partial charge on any atom is -0.303 e. The number of hydrogen-bond donors (Lipinski definition) is 0. The molecular weight excluding hydrogens is 330 g/mol. The lowest BCUT2D eigenvalue weighted by Gasteiger charge is -2.30. The summed E-state index contributed by atoms with van der Waals surface area (Å²) in [4.78, 5) is 3.49. The van der Waals surface area contributed by atoms with Crippen molar-refractivity contribution in [3.8, 4) is 16.3 Å². The molecule has 128 valence electrons. The molecule has 0 saturated carbocycles. The van der Waals surface area contributed by atoms with Crippen molar-refractivity contribution in [3.63, 3.8) is 0 Å². The highest BCUT2D eigenvalue weighted by Gasteiger charge is 2.14. The van der Waals surface area contributed by atoms with E-state index in [0.717, 1.165) is 48.0 Å². The second kappa shape index (κ2) is 7.21. The molecule has 5 nitrogen and oxygen atoms in total. The highest BCUT2D eigenvalue weighted by molar-refractivity contribution is 7.13. The summed E-state index contributed by atoms with van der Waals surface area (Å²) in [5.74, 6) is 0. The van der Waals surface area contributed by atoms with Gasteiger partial charge in [0.1, 0.15) is 5.69 Å². The molecule has 1 fully saturated rings. The van der Waals surface area contributed by atoms with Gasteiger partial charge in [-0.15, -0.1) is 11.3 Å². The Balaban J connectivity index is 1.64. The van der Waals surface area contributed by atoms with E-state index in [1.807, 2.05) is 29.1 Å². The molecule has 1 aliphatic rings. The number of thiophene rings is 1. The van der Waals surface area contributed by atoms with Crippen LogP contribution in [-0.2, 0) is 0 Å². The van der Waals surface area contributed by atoms with Crippen LogP contribution in [0.5, 0.6) is 0 Å². The van der Waals surface area contributed by atoms with Crippen molar-refractivity contribution >= 4 is 17.6 Å². The van der Waals surface area contributed by atoms with Gasteiger partial charge in [-0.25, -0.2) is 4.68 Å². The number of hydrogen-bond acceptors (Lipinski definition) is 5. The molecule has 0 aliphatic carbocycles. The van der Waals surface area contributed by atoms with Crippen molar-refractivity contribution in [2.75, 3.05) is 33.2 Å². The summed E-state index contributed by atoms with van der Waals surface area (Å²) in [6, 6.07) is 14.4. The van der Waals surface area contributed by atoms with Crippen LogP contribution >= 0.6 is 11.3 Å². The standard InChI is InChI=1S/C19H21N5S/c1-22-9-11-23(12-10-22)20-14-16-15-24(17-6-3-2-4-7-17)21-19(16)18-8-5-13-25-18/h2-8,13-15H,9-12H2,1H3/b20-14+. The zero-order valence-electron chi connectivity index (χ0n) is 14.2. The van der Waals surface area contributed by atoms with Gasteiger partial charge in [0.05, 0.1) is 16.8 Å². The molecule has 0 N–H and O–H groups in total. The predicted molar refractivity (Wildman–Crippen MR) is 104 cm³/mol. The second-order valence-electron chi connectivity index (χ2n) is 6.19. The number of aromatic nitrogens is 2. The molecule has 0 amide bonds. The van der Waals surface area contributed by atoms with Gasteiger partial charge in [0.25, 0.3) is 0 Å². The molecule has 1 aromatic carbocycles. The molecule has 1 aliphatic heterocycles. The summed E-state index contributed by atoms with van der Waals surface area (Å²) in [5.41, 5.74) is 3.08. The third-order valence-corrected chi connectivity index (χ3v) is 5.23. The largest absolute Gasteiger partial charge is 0.303 e. The SMILES string of the molecule is CN1CCN(/N=C/c2cn(-c3ccccc3)nc2-c2cccs2)CC1. The van der Waals surface area contributed by atoms with Crippen LogP contribution in [-0.4, -0.2) is 59.1 Å². The Bertz CT molecular complexity index is 830. The number of para-hydroxylation sites is 1. The summed E-state index contributed by atoms with van der Waals surface area (Å²) in [6.45, 7) is 4.04. The minimum atomic E-state index is 0.966. The molecule has 0 spiro atoms. The van der Waals surface area contributed by atoms with Crippen molar-refractivity contribution in [1.29, 1.82) is 0 Å². The van der Waals surface area contributed by atoms with Gasteiger partial charge in [0.15, 0.2) is 0 Å². The first-order valence-corrected chi connectivity index (χ1v) is 9.34. The molecular formula is C19H21N5S. The van der Waals surface area contributed by atoms with Gasteiger partial charge in [0.2, 0.25) is 0 Å². The summed E-state index contributed by atoms with van der Waals surface area (Å²) in [6.07, 6.45) is 4.01. The van der Waals surface area contributed by atoms with Crippen LogP contribution < -0.4 is 0 Å². The number of nitrogens with zero attached hydrogens (tertiary/aromatic N) is 5. The molecule has 1 saturated heterocycles. The van der Waals surface area contributed by atoms with Gasteiger partial charge in [-0.1, -0.05) is 24.3 Å². The molecule has 0 unspecified atom stereocenters. The minimum absolute atomic E-state index is 0.966. The quantitative estimate of drug-likeness (QED) is 0.678. The van der Waals surface area contributed by atoms with Crippen molar-refractivity contribution in [3.05, 3.63) is 59.6 Å². The average Bonchev–Trinajstić information content (AvgIpc) is 3.31. The molecule has 4 rings (SSSR count). The smallest absolute Gasteiger partial charge is 0.112 e. The Morgan fingerprint density at radius 3 is 2.56 bits per heavy atom. The van der Waals surface area contributed by atoms with E-state index in [9.17, 15) is 0 Å². The van der Waals surface area contributed by atoms with E-state index in [4.69, 9.17) is 10.2 Å². The third-order valence-electron chi connectivity index (χ3n) is 4.36. The number of benzene rings is 1. The zero-order valence-corrected chi connectivity index (χ0v) is 15.1. The van der Waals surface area contributed by atoms with Crippen molar-refractivity contribution in [2.45, 2.75) is 0 Å². The molecule has 6 heteroatoms. The highest BCUT2D eigenvalue weighted by atomic mass is 32.1. The maximum absolute atomic E-state index is 4.81. The summed E-state index contributed by atoms with van der Waals surface area (Å²) in [7, 11) is 2.15. The average molecular weight is 351 g/mol. The van der Waals surface area contributed by atoms with Crippen molar-refractivity contribution < 1.29 is 0 Å². The van der Waals surface area contributed by atoms with E-state index in [1.165, 1.54) is 0 Å². The van der Waals surface area contributed by atoms with E-state index < -0.39 is 0 Å². The van der Waals surface area contributed by atoms with Crippen LogP contribution in [0.1, 0.15) is 5.56 Å². The highest BCUT2D eigenvalue weighted by Crippen LogP contribution is 2.27. The fourth-order valence-corrected chi connectivity index (χ4v) is 3.59. The molecule has 0 bridgehead atoms. The van der Waals surface area contributed by atoms with Crippen LogP contribution in [0.15, 0.2) is 59.1 Å². The monoisotopic (exact) mass is 351 g/mol. The van der Waals surface area contributed by atoms with E-state index >= 15 is 0 Å². The van der Waals surface area contributed by atoms with Gasteiger partial charge in [-0.05, 0) is 30.6 Å². The zero-order chi connectivity index (χ0) is 17.1. The lowest BCUT2D eigenvalue weighted by Crippen LogP contribution is -2.41. The van der Waals surface area contributed by atoms with Crippen LogP contribution in [0.3, 0.4) is 0 Å². The van der Waals surface area contributed by atoms with Crippen molar-refractivity contribution in [2.24, 2.45) is 5.10 Å². The molecule has 25 heavy (non-hydrogen) atoms. The fourth-order valence-electron chi connectivity index (χ4n) is 2.85. The van der Waals surface area contributed by atoms with Crippen LogP contribution in [0.4, 0.5) is 0 Å². The van der Waals surface area contributed by atoms with Gasteiger partial charge in [-0.2, -0.15) is 10.2 Å². The maximum atomic E-state index is 4.81. The first-order valence-electron chi connectivity index (χ1n) is 8.46. The molecule has 3 aromatic rings. The Morgan fingerprint density at radius 1 is 1.04 bits per heavy atom. The summed E-state index contributed by atoms with van der Waals surface area (Å²) >= 11 is 1.70. The van der Waals surface area contributed by atoms with Gasteiger partial charge in [0, 0.05) is 37.9 Å². The number of likely N-dealkylation sites (N-methyl/N-ethyl adjacent to an activating group) is 1. The topological polar surface area (TPSA) is 36.7 Å². The second-order valence-corrected chi connectivity index (χ2v) is 7.14. The normalized spacial score (nSPS) is 16.0. The van der Waals surface area contributed by atoms with Gasteiger partial charge in [-0.3, -0.25) is 5.01 Å². The first-order chi connectivity index (χ1) is 12.3. The third kappa shape index (κ3) is 3.65. The molecule has 2 aromatic heterocycles. The molecule has 3 heterocycles. The van der Waals surface area contributed by atoms with E-state index in [0.29, 0.717) is 0 Å². The van der Waals surface area contributed by atoms with Crippen LogP contribution in [0.25, 0.3) is 16.3 Å². The lowest BCUT2D eigenvalue weighted by atomic mass is 10.2. The van der Waals surface area contributed by atoms with Gasteiger partial charge >= 0.3 is 0 Å². The number of piperazine rings is 1. The number of rotatable bonds is 4. The Morgan fingerprint density at radius 2 is 1.84 bits per heavy atom. The Hall–Kier alpha value is -2.44. The molecule has 0 atom stereocenters.